The molecule has 6 heteroatoms. The number of carboxylic acid groups (broad SMARTS) is 1. The van der Waals surface area contributed by atoms with Gasteiger partial charge in [0.05, 0.1) is 18.0 Å². The predicted molar refractivity (Wildman–Crippen MR) is 54.5 cm³/mol. The monoisotopic (exact) mass is 215 g/mol. The Labute approximate surface area is 88.4 Å². The molecule has 0 aromatic rings. The Kier molecular flexibility index (Phi) is 3.65. The van der Waals surface area contributed by atoms with E-state index in [1.54, 1.807) is 14.0 Å². The fourth-order valence-electron chi connectivity index (χ4n) is 1.74. The summed E-state index contributed by atoms with van der Waals surface area (Å²) in [6, 6.07) is -0.378. The molecule has 0 bridgehead atoms. The third kappa shape index (κ3) is 2.90. The van der Waals surface area contributed by atoms with E-state index in [2.05, 4.69) is 16.0 Å². The van der Waals surface area contributed by atoms with Crippen LogP contribution < -0.4 is 16.0 Å². The van der Waals surface area contributed by atoms with Crippen LogP contribution in [0.3, 0.4) is 0 Å². The molecule has 0 aromatic heterocycles. The molecule has 1 heterocycles. The molecular formula is C9H17N3O3. The number of hydrogen-bond donors (Lipinski definition) is 4. The second-order valence-electron chi connectivity index (χ2n) is 3.93. The van der Waals surface area contributed by atoms with E-state index in [0.29, 0.717) is 13.1 Å². The van der Waals surface area contributed by atoms with Crippen LogP contribution in [0.5, 0.6) is 0 Å². The molecule has 4 N–H and O–H groups in total. The third-order valence-electron chi connectivity index (χ3n) is 2.58. The van der Waals surface area contributed by atoms with Crippen LogP contribution in [-0.2, 0) is 9.59 Å². The van der Waals surface area contributed by atoms with Crippen molar-refractivity contribution in [2.45, 2.75) is 24.9 Å². The van der Waals surface area contributed by atoms with Crippen LogP contribution >= 0.6 is 0 Å². The van der Waals surface area contributed by atoms with Gasteiger partial charge in [0.25, 0.3) is 0 Å². The van der Waals surface area contributed by atoms with Gasteiger partial charge in [-0.2, -0.15) is 0 Å². The van der Waals surface area contributed by atoms with Crippen molar-refractivity contribution in [3.8, 4) is 0 Å². The van der Waals surface area contributed by atoms with Gasteiger partial charge in [-0.15, -0.1) is 0 Å². The molecular weight excluding hydrogens is 198 g/mol. The minimum absolute atomic E-state index is 0.0291. The van der Waals surface area contributed by atoms with Crippen molar-refractivity contribution < 1.29 is 14.7 Å². The Morgan fingerprint density at radius 2 is 2.13 bits per heavy atom. The minimum Gasteiger partial charge on any atom is -0.481 e. The lowest BCUT2D eigenvalue weighted by molar-refractivity contribution is -0.140. The number of amides is 1. The average Bonchev–Trinajstić information content (AvgIpc) is 2.12. The number of hydrogen-bond acceptors (Lipinski definition) is 4. The smallest absolute Gasteiger partial charge is 0.305 e. The van der Waals surface area contributed by atoms with Crippen LogP contribution in [0.15, 0.2) is 0 Å². The standard InChI is InChI=1S/C9H17N3O3/c1-6(8(15)10-2)12-9(3-7(13)14)4-11-5-9/h6,11-12H,3-5H2,1-2H3,(H,10,15)(H,13,14). The van der Waals surface area contributed by atoms with Gasteiger partial charge < -0.3 is 15.7 Å². The van der Waals surface area contributed by atoms with Crippen LogP contribution in [0, 0.1) is 0 Å². The molecule has 1 aliphatic heterocycles. The van der Waals surface area contributed by atoms with Crippen molar-refractivity contribution >= 4 is 11.9 Å². The molecule has 1 aliphatic rings. The highest BCUT2D eigenvalue weighted by Crippen LogP contribution is 2.16. The first-order valence-electron chi connectivity index (χ1n) is 4.91. The van der Waals surface area contributed by atoms with Crippen LogP contribution in [0.2, 0.25) is 0 Å². The average molecular weight is 215 g/mol. The number of nitrogens with one attached hydrogen (secondary N) is 3. The highest BCUT2D eigenvalue weighted by atomic mass is 16.4. The molecule has 6 nitrogen and oxygen atoms in total. The van der Waals surface area contributed by atoms with Crippen molar-refractivity contribution in [3.63, 3.8) is 0 Å². The van der Waals surface area contributed by atoms with E-state index in [1.807, 2.05) is 0 Å². The van der Waals surface area contributed by atoms with E-state index >= 15 is 0 Å². The van der Waals surface area contributed by atoms with Gasteiger partial charge >= 0.3 is 5.97 Å². The molecule has 1 saturated heterocycles. The molecule has 15 heavy (non-hydrogen) atoms. The number of rotatable bonds is 5. The first-order valence-corrected chi connectivity index (χ1v) is 4.91. The topological polar surface area (TPSA) is 90.5 Å². The Hall–Kier alpha value is -1.14. The summed E-state index contributed by atoms with van der Waals surface area (Å²) in [5.41, 5.74) is -0.474. The van der Waals surface area contributed by atoms with Crippen molar-refractivity contribution in [3.05, 3.63) is 0 Å². The quantitative estimate of drug-likeness (QED) is 0.449. The Morgan fingerprint density at radius 3 is 2.47 bits per heavy atom. The van der Waals surface area contributed by atoms with E-state index in [-0.39, 0.29) is 18.4 Å². The largest absolute Gasteiger partial charge is 0.481 e. The molecule has 1 unspecified atom stereocenters. The van der Waals surface area contributed by atoms with Crippen molar-refractivity contribution in [1.82, 2.24) is 16.0 Å². The molecule has 0 radical (unpaired) electrons. The third-order valence-corrected chi connectivity index (χ3v) is 2.58. The molecule has 0 aromatic carbocycles. The number of carboxylic acids is 1. The molecule has 0 aliphatic carbocycles. The second kappa shape index (κ2) is 4.59. The maximum Gasteiger partial charge on any atom is 0.305 e. The first-order chi connectivity index (χ1) is 6.99. The molecule has 1 rings (SSSR count). The van der Waals surface area contributed by atoms with Gasteiger partial charge in [-0.25, -0.2) is 0 Å². The van der Waals surface area contributed by atoms with Crippen molar-refractivity contribution in [2.75, 3.05) is 20.1 Å². The van der Waals surface area contributed by atoms with Crippen molar-refractivity contribution in [1.29, 1.82) is 0 Å². The van der Waals surface area contributed by atoms with E-state index in [9.17, 15) is 9.59 Å². The fraction of sp³-hybridized carbons (Fsp3) is 0.778. The zero-order valence-corrected chi connectivity index (χ0v) is 8.96. The van der Waals surface area contributed by atoms with Gasteiger partial charge in [-0.1, -0.05) is 0 Å². The molecule has 86 valence electrons. The second-order valence-corrected chi connectivity index (χ2v) is 3.93. The Morgan fingerprint density at radius 1 is 1.53 bits per heavy atom. The van der Waals surface area contributed by atoms with Gasteiger partial charge in [-0.05, 0) is 6.92 Å². The normalized spacial score (nSPS) is 20.1. The maximum atomic E-state index is 11.3. The van der Waals surface area contributed by atoms with Crippen LogP contribution in [0.25, 0.3) is 0 Å². The number of aliphatic carboxylic acids is 1. The molecule has 1 fully saturated rings. The summed E-state index contributed by atoms with van der Waals surface area (Å²) >= 11 is 0. The van der Waals surface area contributed by atoms with Gasteiger partial charge in [0, 0.05) is 20.1 Å². The molecule has 1 atom stereocenters. The number of carbonyl (C=O) groups excluding carboxylic acids is 1. The van der Waals surface area contributed by atoms with E-state index in [1.165, 1.54) is 0 Å². The fourth-order valence-corrected chi connectivity index (χ4v) is 1.74. The van der Waals surface area contributed by atoms with Crippen LogP contribution in [0.4, 0.5) is 0 Å². The van der Waals surface area contributed by atoms with Crippen LogP contribution in [0.1, 0.15) is 13.3 Å². The Bertz CT molecular complexity index is 263. The summed E-state index contributed by atoms with van der Waals surface area (Å²) in [5, 5.41) is 17.3. The lowest BCUT2D eigenvalue weighted by Crippen LogP contribution is -2.71. The van der Waals surface area contributed by atoms with Gasteiger partial charge in [0.2, 0.25) is 5.91 Å². The number of carbonyl (C=O) groups is 2. The highest BCUT2D eigenvalue weighted by Gasteiger charge is 2.40. The van der Waals surface area contributed by atoms with Gasteiger partial charge in [-0.3, -0.25) is 14.9 Å². The lowest BCUT2D eigenvalue weighted by atomic mass is 9.87. The van der Waals surface area contributed by atoms with Gasteiger partial charge in [0.1, 0.15) is 0 Å². The molecule has 0 spiro atoms. The zero-order valence-electron chi connectivity index (χ0n) is 8.96. The summed E-state index contributed by atoms with van der Waals surface area (Å²) in [6.07, 6.45) is 0.0291. The number of likely N-dealkylation sites (N-methyl/N-ethyl adjacent to an activating group) is 1. The summed E-state index contributed by atoms with van der Waals surface area (Å²) in [7, 11) is 1.56. The summed E-state index contributed by atoms with van der Waals surface area (Å²) in [4.78, 5) is 21.9. The molecule has 0 saturated carbocycles. The SMILES string of the molecule is CNC(=O)C(C)NC1(CC(=O)O)CNC1. The summed E-state index contributed by atoms with van der Waals surface area (Å²) in [5.74, 6) is -0.986. The lowest BCUT2D eigenvalue weighted by Gasteiger charge is -2.44. The van der Waals surface area contributed by atoms with Crippen LogP contribution in [-0.4, -0.2) is 48.7 Å². The zero-order chi connectivity index (χ0) is 11.5. The minimum atomic E-state index is -0.854. The summed E-state index contributed by atoms with van der Waals surface area (Å²) in [6.45, 7) is 2.89. The maximum absolute atomic E-state index is 11.3. The van der Waals surface area contributed by atoms with E-state index in [4.69, 9.17) is 5.11 Å². The Balaban J connectivity index is 2.52. The first kappa shape index (κ1) is 11.9. The van der Waals surface area contributed by atoms with Crippen molar-refractivity contribution in [2.24, 2.45) is 0 Å². The van der Waals surface area contributed by atoms with E-state index in [0.717, 1.165) is 0 Å². The molecule has 1 amide bonds. The predicted octanol–water partition coefficient (Wildman–Crippen LogP) is -1.47. The summed E-state index contributed by atoms with van der Waals surface area (Å²) < 4.78 is 0. The van der Waals surface area contributed by atoms with E-state index < -0.39 is 11.5 Å². The van der Waals surface area contributed by atoms with Gasteiger partial charge in [0.15, 0.2) is 0 Å². The highest BCUT2D eigenvalue weighted by molar-refractivity contribution is 5.81.